The average molecular weight is 630 g/mol. The lowest BCUT2D eigenvalue weighted by Gasteiger charge is -2.72. The van der Waals surface area contributed by atoms with Gasteiger partial charge in [0.25, 0.3) is 0 Å². The standard InChI is InChI=1S/C41H59NO4/c1-25(2)33-29(44)24-41(35(45)42-37(6,7)27-14-12-11-13-15-27)23-22-39(9)28(34(33)41)16-17-31-38(8)20-19-32(46-26(3)43)36(4,5)30(38)18-21-40(31,39)10/h11-15,25,28,30-32H,16-24H2,1-10H3,(H,42,45)/t28?,30?,31?,32-,38-,39+,40+,41+/m0/s1. The molecule has 5 aliphatic carbocycles. The number of amides is 1. The van der Waals surface area contributed by atoms with Crippen molar-refractivity contribution in [1.82, 2.24) is 5.32 Å². The van der Waals surface area contributed by atoms with Crippen LogP contribution in [-0.4, -0.2) is 23.8 Å². The number of hydrogen-bond acceptors (Lipinski definition) is 4. The van der Waals surface area contributed by atoms with Gasteiger partial charge < -0.3 is 10.1 Å². The molecular formula is C41H59NO4. The normalized spacial score (nSPS) is 40.0. The smallest absolute Gasteiger partial charge is 0.302 e. The molecule has 46 heavy (non-hydrogen) atoms. The molecule has 5 aliphatic rings. The fraction of sp³-hybridized carbons (Fsp3) is 0.732. The molecule has 1 amide bonds. The SMILES string of the molecule is CC(=O)O[C@H]1CC[C@@]2(C)C(CC[C@]3(C)C2CCC2C4=C(C(C)C)C(=O)C[C@]4(C(=O)NC(C)(C)c4ccccc4)CC[C@]23C)C1(C)C. The van der Waals surface area contributed by atoms with Crippen molar-refractivity contribution < 1.29 is 19.1 Å². The summed E-state index contributed by atoms with van der Waals surface area (Å²) in [5, 5.41) is 3.47. The summed E-state index contributed by atoms with van der Waals surface area (Å²) in [6.07, 6.45) is 8.40. The van der Waals surface area contributed by atoms with Gasteiger partial charge in [-0.05, 0) is 122 Å². The van der Waals surface area contributed by atoms with E-state index in [2.05, 4.69) is 79.8 Å². The van der Waals surface area contributed by atoms with E-state index in [0.717, 1.165) is 62.5 Å². The molecule has 1 N–H and O–H groups in total. The number of allylic oxidation sites excluding steroid dienone is 1. The molecule has 4 saturated carbocycles. The molecule has 0 radical (unpaired) electrons. The van der Waals surface area contributed by atoms with Crippen molar-refractivity contribution >= 4 is 17.7 Å². The monoisotopic (exact) mass is 629 g/mol. The fourth-order valence-corrected chi connectivity index (χ4v) is 12.6. The number of ether oxygens (including phenoxy) is 1. The van der Waals surface area contributed by atoms with E-state index in [1.807, 2.05) is 18.2 Å². The number of fused-ring (bicyclic) bond motifs is 7. The molecule has 0 bridgehead atoms. The summed E-state index contributed by atoms with van der Waals surface area (Å²) in [5.41, 5.74) is 2.10. The number of rotatable bonds is 5. The second kappa shape index (κ2) is 10.8. The second-order valence-corrected chi connectivity index (χ2v) is 18.2. The Morgan fingerprint density at radius 1 is 0.870 bits per heavy atom. The van der Waals surface area contributed by atoms with Crippen LogP contribution in [0.1, 0.15) is 133 Å². The molecular weight excluding hydrogens is 570 g/mol. The van der Waals surface area contributed by atoms with Crippen molar-refractivity contribution in [1.29, 1.82) is 0 Å². The van der Waals surface area contributed by atoms with Gasteiger partial charge in [-0.3, -0.25) is 14.4 Å². The number of benzene rings is 1. The number of ketones is 1. The highest BCUT2D eigenvalue weighted by molar-refractivity contribution is 6.07. The first-order valence-corrected chi connectivity index (χ1v) is 18.2. The maximum atomic E-state index is 14.7. The molecule has 0 aromatic heterocycles. The van der Waals surface area contributed by atoms with Crippen molar-refractivity contribution in [2.75, 3.05) is 0 Å². The van der Waals surface area contributed by atoms with Crippen molar-refractivity contribution in [2.24, 2.45) is 50.7 Å². The molecule has 0 saturated heterocycles. The Kier molecular flexibility index (Phi) is 7.85. The Bertz CT molecular complexity index is 1460. The van der Waals surface area contributed by atoms with Crippen LogP contribution in [0.15, 0.2) is 41.5 Å². The zero-order chi connectivity index (χ0) is 33.7. The second-order valence-electron chi connectivity index (χ2n) is 18.2. The molecule has 5 heteroatoms. The van der Waals surface area contributed by atoms with Crippen LogP contribution in [-0.2, 0) is 24.7 Å². The zero-order valence-electron chi connectivity index (χ0n) is 30.3. The lowest BCUT2D eigenvalue weighted by Crippen LogP contribution is -2.66. The Morgan fingerprint density at radius 3 is 2.17 bits per heavy atom. The third kappa shape index (κ3) is 4.55. The van der Waals surface area contributed by atoms with Crippen LogP contribution in [0.3, 0.4) is 0 Å². The van der Waals surface area contributed by atoms with Crippen LogP contribution < -0.4 is 5.32 Å². The van der Waals surface area contributed by atoms with E-state index in [1.165, 1.54) is 5.57 Å². The van der Waals surface area contributed by atoms with E-state index < -0.39 is 11.0 Å². The van der Waals surface area contributed by atoms with Crippen molar-refractivity contribution in [3.8, 4) is 0 Å². The number of Topliss-reactive ketones (excluding diaryl/α,β-unsaturated/α-hetero) is 1. The lowest BCUT2D eigenvalue weighted by atomic mass is 9.33. The summed E-state index contributed by atoms with van der Waals surface area (Å²) >= 11 is 0. The fourth-order valence-electron chi connectivity index (χ4n) is 12.6. The number of esters is 1. The predicted molar refractivity (Wildman–Crippen MR) is 183 cm³/mol. The molecule has 0 aliphatic heterocycles. The van der Waals surface area contributed by atoms with Gasteiger partial charge in [-0.25, -0.2) is 0 Å². The van der Waals surface area contributed by atoms with E-state index in [1.54, 1.807) is 6.92 Å². The van der Waals surface area contributed by atoms with E-state index in [4.69, 9.17) is 4.74 Å². The topological polar surface area (TPSA) is 72.5 Å². The number of carbonyl (C=O) groups excluding carboxylic acids is 3. The molecule has 252 valence electrons. The quantitative estimate of drug-likeness (QED) is 0.330. The molecule has 6 rings (SSSR count). The first-order valence-electron chi connectivity index (χ1n) is 18.2. The van der Waals surface area contributed by atoms with Gasteiger partial charge in [0.15, 0.2) is 5.78 Å². The van der Waals surface area contributed by atoms with Crippen molar-refractivity contribution in [2.45, 2.75) is 139 Å². The van der Waals surface area contributed by atoms with Crippen LogP contribution in [0, 0.1) is 50.7 Å². The maximum absolute atomic E-state index is 14.7. The first-order chi connectivity index (χ1) is 21.3. The number of carbonyl (C=O) groups is 3. The van der Waals surface area contributed by atoms with Crippen molar-refractivity contribution in [3.63, 3.8) is 0 Å². The molecule has 1 aromatic carbocycles. The van der Waals surface area contributed by atoms with E-state index in [0.29, 0.717) is 18.3 Å². The molecule has 3 unspecified atom stereocenters. The van der Waals surface area contributed by atoms with Gasteiger partial charge in [0.05, 0.1) is 11.0 Å². The minimum Gasteiger partial charge on any atom is -0.462 e. The van der Waals surface area contributed by atoms with Gasteiger partial charge in [-0.2, -0.15) is 0 Å². The van der Waals surface area contributed by atoms with Crippen LogP contribution in [0.4, 0.5) is 0 Å². The van der Waals surface area contributed by atoms with E-state index >= 15 is 0 Å². The van der Waals surface area contributed by atoms with Gasteiger partial charge in [0.1, 0.15) is 6.10 Å². The Labute approximate surface area is 278 Å². The lowest BCUT2D eigenvalue weighted by molar-refractivity contribution is -0.232. The Hall–Kier alpha value is -2.43. The first kappa shape index (κ1) is 33.5. The van der Waals surface area contributed by atoms with E-state index in [9.17, 15) is 14.4 Å². The summed E-state index contributed by atoms with van der Waals surface area (Å²) < 4.78 is 5.94. The van der Waals surface area contributed by atoms with Gasteiger partial charge in [-0.1, -0.05) is 78.8 Å². The maximum Gasteiger partial charge on any atom is 0.302 e. The minimum absolute atomic E-state index is 0.000403. The zero-order valence-corrected chi connectivity index (χ0v) is 30.3. The van der Waals surface area contributed by atoms with Gasteiger partial charge in [-0.15, -0.1) is 0 Å². The average Bonchev–Trinajstić information content (AvgIpc) is 3.28. The van der Waals surface area contributed by atoms with Gasteiger partial charge in [0.2, 0.25) is 5.91 Å². The van der Waals surface area contributed by atoms with Gasteiger partial charge >= 0.3 is 5.97 Å². The minimum atomic E-state index is -0.763. The highest BCUT2D eigenvalue weighted by Gasteiger charge is 2.71. The van der Waals surface area contributed by atoms with Crippen molar-refractivity contribution in [3.05, 3.63) is 47.0 Å². The van der Waals surface area contributed by atoms with Crippen LogP contribution in [0.2, 0.25) is 0 Å². The summed E-state index contributed by atoms with van der Waals surface area (Å²) in [6.45, 7) is 22.4. The van der Waals surface area contributed by atoms with Crippen LogP contribution >= 0.6 is 0 Å². The molecule has 5 nitrogen and oxygen atoms in total. The Morgan fingerprint density at radius 2 is 1.54 bits per heavy atom. The summed E-state index contributed by atoms with van der Waals surface area (Å²) in [7, 11) is 0. The third-order valence-electron chi connectivity index (χ3n) is 15.0. The predicted octanol–water partition coefficient (Wildman–Crippen LogP) is 8.95. The highest BCUT2D eigenvalue weighted by atomic mass is 16.5. The van der Waals surface area contributed by atoms with Gasteiger partial charge in [0, 0.05) is 18.8 Å². The van der Waals surface area contributed by atoms with E-state index in [-0.39, 0.29) is 57.3 Å². The van der Waals surface area contributed by atoms with Crippen LogP contribution in [0.25, 0.3) is 0 Å². The molecule has 4 fully saturated rings. The summed E-state index contributed by atoms with van der Waals surface area (Å²) in [4.78, 5) is 40.8. The number of hydrogen-bond donors (Lipinski definition) is 1. The number of nitrogens with one attached hydrogen (secondary N) is 1. The third-order valence-corrected chi connectivity index (χ3v) is 15.0. The molecule has 1 aromatic rings. The molecule has 0 heterocycles. The summed E-state index contributed by atoms with van der Waals surface area (Å²) in [5.74, 6) is 1.42. The highest BCUT2D eigenvalue weighted by Crippen LogP contribution is 2.76. The van der Waals surface area contributed by atoms with Crippen LogP contribution in [0.5, 0.6) is 0 Å². The summed E-state index contributed by atoms with van der Waals surface area (Å²) in [6, 6.07) is 10.2. The Balaban J connectivity index is 1.38. The largest absolute Gasteiger partial charge is 0.462 e. The molecule has 0 spiro atoms. The molecule has 8 atom stereocenters.